The van der Waals surface area contributed by atoms with Crippen LogP contribution in [0.5, 0.6) is 0 Å². The van der Waals surface area contributed by atoms with Gasteiger partial charge in [-0.3, -0.25) is 4.99 Å². The van der Waals surface area contributed by atoms with Gasteiger partial charge in [0.15, 0.2) is 5.96 Å². The molecule has 1 unspecified atom stereocenters. The zero-order valence-electron chi connectivity index (χ0n) is 14.5. The first-order valence-corrected chi connectivity index (χ1v) is 8.30. The molecule has 0 spiro atoms. The molecule has 1 heterocycles. The SMILES string of the molecule is CN=C(NCc1ccc(C)cc1)N1CCC(COCCOC)C1. The number of nitrogens with zero attached hydrogens (tertiary/aromatic N) is 2. The van der Waals surface area contributed by atoms with Gasteiger partial charge in [0.25, 0.3) is 0 Å². The third-order valence-corrected chi connectivity index (χ3v) is 4.15. The van der Waals surface area contributed by atoms with Crippen molar-refractivity contribution in [3.05, 3.63) is 35.4 Å². The summed E-state index contributed by atoms with van der Waals surface area (Å²) in [5.74, 6) is 1.55. The molecule has 1 aromatic carbocycles. The fourth-order valence-electron chi connectivity index (χ4n) is 2.77. The van der Waals surface area contributed by atoms with Crippen LogP contribution >= 0.6 is 0 Å². The van der Waals surface area contributed by atoms with Crippen LogP contribution in [0.15, 0.2) is 29.3 Å². The zero-order chi connectivity index (χ0) is 16.5. The number of ether oxygens (including phenoxy) is 2. The lowest BCUT2D eigenvalue weighted by atomic mass is 10.1. The van der Waals surface area contributed by atoms with Crippen molar-refractivity contribution in [1.29, 1.82) is 0 Å². The summed E-state index contributed by atoms with van der Waals surface area (Å²) in [7, 11) is 3.55. The maximum absolute atomic E-state index is 5.65. The minimum atomic E-state index is 0.574. The Balaban J connectivity index is 1.75. The van der Waals surface area contributed by atoms with Crippen molar-refractivity contribution < 1.29 is 9.47 Å². The molecule has 5 heteroatoms. The minimum Gasteiger partial charge on any atom is -0.382 e. The highest BCUT2D eigenvalue weighted by atomic mass is 16.5. The second kappa shape index (κ2) is 9.53. The molecule has 0 aliphatic carbocycles. The first-order chi connectivity index (χ1) is 11.2. The van der Waals surface area contributed by atoms with Gasteiger partial charge in [0.05, 0.1) is 19.8 Å². The number of guanidine groups is 1. The second-order valence-corrected chi connectivity index (χ2v) is 6.05. The average Bonchev–Trinajstić information content (AvgIpc) is 3.03. The van der Waals surface area contributed by atoms with Gasteiger partial charge in [-0.25, -0.2) is 0 Å². The average molecular weight is 319 g/mol. The van der Waals surface area contributed by atoms with Gasteiger partial charge in [-0.05, 0) is 18.9 Å². The molecular weight excluding hydrogens is 290 g/mol. The molecule has 1 N–H and O–H groups in total. The largest absolute Gasteiger partial charge is 0.382 e. The number of methoxy groups -OCH3 is 1. The summed E-state index contributed by atoms with van der Waals surface area (Å²) >= 11 is 0. The van der Waals surface area contributed by atoms with Crippen LogP contribution in [-0.2, 0) is 16.0 Å². The summed E-state index contributed by atoms with van der Waals surface area (Å²) < 4.78 is 10.6. The molecule has 1 saturated heterocycles. The van der Waals surface area contributed by atoms with Crippen LogP contribution in [0.3, 0.4) is 0 Å². The number of hydrogen-bond donors (Lipinski definition) is 1. The van der Waals surface area contributed by atoms with Gasteiger partial charge in [-0.1, -0.05) is 29.8 Å². The predicted octanol–water partition coefficient (Wildman–Crippen LogP) is 2.06. The van der Waals surface area contributed by atoms with Crippen LogP contribution in [0.25, 0.3) is 0 Å². The number of hydrogen-bond acceptors (Lipinski definition) is 3. The summed E-state index contributed by atoms with van der Waals surface area (Å²) in [6.07, 6.45) is 1.15. The lowest BCUT2D eigenvalue weighted by molar-refractivity contribution is 0.0536. The van der Waals surface area contributed by atoms with Crippen LogP contribution in [0.4, 0.5) is 0 Å². The van der Waals surface area contributed by atoms with E-state index < -0.39 is 0 Å². The van der Waals surface area contributed by atoms with E-state index in [9.17, 15) is 0 Å². The van der Waals surface area contributed by atoms with Crippen molar-refractivity contribution in [1.82, 2.24) is 10.2 Å². The number of benzene rings is 1. The molecule has 1 atom stereocenters. The van der Waals surface area contributed by atoms with E-state index in [1.807, 2.05) is 7.05 Å². The number of aryl methyl sites for hydroxylation is 1. The van der Waals surface area contributed by atoms with Crippen LogP contribution in [0.1, 0.15) is 17.5 Å². The highest BCUT2D eigenvalue weighted by molar-refractivity contribution is 5.80. The number of likely N-dealkylation sites (tertiary alicyclic amines) is 1. The molecule has 1 fully saturated rings. The second-order valence-electron chi connectivity index (χ2n) is 6.05. The smallest absolute Gasteiger partial charge is 0.193 e. The van der Waals surface area contributed by atoms with Crippen LogP contribution in [0.2, 0.25) is 0 Å². The van der Waals surface area contributed by atoms with Crippen LogP contribution in [0, 0.1) is 12.8 Å². The van der Waals surface area contributed by atoms with Crippen molar-refractivity contribution in [3.8, 4) is 0 Å². The fourth-order valence-corrected chi connectivity index (χ4v) is 2.77. The van der Waals surface area contributed by atoms with E-state index in [0.29, 0.717) is 19.1 Å². The molecule has 0 amide bonds. The lowest BCUT2D eigenvalue weighted by Crippen LogP contribution is -2.39. The zero-order valence-corrected chi connectivity index (χ0v) is 14.5. The maximum Gasteiger partial charge on any atom is 0.193 e. The lowest BCUT2D eigenvalue weighted by Gasteiger charge is -2.22. The van der Waals surface area contributed by atoms with Crippen molar-refractivity contribution in [2.24, 2.45) is 10.9 Å². The monoisotopic (exact) mass is 319 g/mol. The highest BCUT2D eigenvalue weighted by Crippen LogP contribution is 2.16. The molecule has 5 nitrogen and oxygen atoms in total. The van der Waals surface area contributed by atoms with Gasteiger partial charge in [0.1, 0.15) is 0 Å². The van der Waals surface area contributed by atoms with Crippen molar-refractivity contribution in [2.45, 2.75) is 19.9 Å². The standard InChI is InChI=1S/C18H29N3O2/c1-15-4-6-16(7-5-15)12-20-18(19-2)21-9-8-17(13-21)14-23-11-10-22-3/h4-7,17H,8-14H2,1-3H3,(H,19,20). The summed E-state index contributed by atoms with van der Waals surface area (Å²) in [5, 5.41) is 3.46. The molecule has 128 valence electrons. The van der Waals surface area contributed by atoms with E-state index in [2.05, 4.69) is 46.4 Å². The summed E-state index contributed by atoms with van der Waals surface area (Å²) in [6, 6.07) is 8.60. The molecular formula is C18H29N3O2. The first kappa shape index (κ1) is 17.8. The quantitative estimate of drug-likeness (QED) is 0.475. The fraction of sp³-hybridized carbons (Fsp3) is 0.611. The molecule has 0 radical (unpaired) electrons. The normalized spacial score (nSPS) is 18.5. The number of aliphatic imine (C=N–C) groups is 1. The molecule has 1 aliphatic heterocycles. The Kier molecular flexibility index (Phi) is 7.36. The summed E-state index contributed by atoms with van der Waals surface area (Å²) in [4.78, 5) is 6.74. The van der Waals surface area contributed by atoms with Gasteiger partial charge in [-0.15, -0.1) is 0 Å². The molecule has 0 saturated carbocycles. The van der Waals surface area contributed by atoms with Gasteiger partial charge < -0.3 is 19.7 Å². The maximum atomic E-state index is 5.65. The van der Waals surface area contributed by atoms with E-state index in [4.69, 9.17) is 9.47 Å². The van der Waals surface area contributed by atoms with E-state index >= 15 is 0 Å². The van der Waals surface area contributed by atoms with Crippen LogP contribution in [-0.4, -0.2) is 57.9 Å². The summed E-state index contributed by atoms with van der Waals surface area (Å²) in [6.45, 7) is 7.08. The van der Waals surface area contributed by atoms with E-state index in [0.717, 1.165) is 38.6 Å². The Labute approximate surface area is 139 Å². The van der Waals surface area contributed by atoms with Gasteiger partial charge in [0, 0.05) is 39.7 Å². The number of rotatable bonds is 7. The summed E-state index contributed by atoms with van der Waals surface area (Å²) in [5.41, 5.74) is 2.56. The Morgan fingerprint density at radius 3 is 2.78 bits per heavy atom. The van der Waals surface area contributed by atoms with Gasteiger partial charge >= 0.3 is 0 Å². The predicted molar refractivity (Wildman–Crippen MR) is 93.8 cm³/mol. The third kappa shape index (κ3) is 5.84. The van der Waals surface area contributed by atoms with E-state index in [1.54, 1.807) is 7.11 Å². The van der Waals surface area contributed by atoms with Crippen LogP contribution < -0.4 is 5.32 Å². The van der Waals surface area contributed by atoms with E-state index in [1.165, 1.54) is 11.1 Å². The third-order valence-electron chi connectivity index (χ3n) is 4.15. The van der Waals surface area contributed by atoms with Crippen molar-refractivity contribution >= 4 is 5.96 Å². The van der Waals surface area contributed by atoms with Gasteiger partial charge in [-0.2, -0.15) is 0 Å². The Bertz CT molecular complexity index is 488. The van der Waals surface area contributed by atoms with E-state index in [-0.39, 0.29) is 0 Å². The molecule has 0 bridgehead atoms. The Morgan fingerprint density at radius 1 is 1.30 bits per heavy atom. The minimum absolute atomic E-state index is 0.574. The van der Waals surface area contributed by atoms with Crippen molar-refractivity contribution in [2.75, 3.05) is 47.1 Å². The number of nitrogens with one attached hydrogen (secondary N) is 1. The molecule has 0 aromatic heterocycles. The molecule has 23 heavy (non-hydrogen) atoms. The molecule has 2 rings (SSSR count). The highest BCUT2D eigenvalue weighted by Gasteiger charge is 2.24. The molecule has 1 aliphatic rings. The Morgan fingerprint density at radius 2 is 2.09 bits per heavy atom. The first-order valence-electron chi connectivity index (χ1n) is 8.30. The van der Waals surface area contributed by atoms with Crippen molar-refractivity contribution in [3.63, 3.8) is 0 Å². The Hall–Kier alpha value is -1.59. The molecule has 1 aromatic rings. The van der Waals surface area contributed by atoms with Gasteiger partial charge in [0.2, 0.25) is 0 Å². The topological polar surface area (TPSA) is 46.1 Å².